The normalized spacial score (nSPS) is 15.8. The van der Waals surface area contributed by atoms with Gasteiger partial charge in [0.25, 0.3) is 0 Å². The van der Waals surface area contributed by atoms with Gasteiger partial charge in [-0.1, -0.05) is 48.9 Å². The van der Waals surface area contributed by atoms with Crippen LogP contribution in [0.15, 0.2) is 42.5 Å². The van der Waals surface area contributed by atoms with Crippen LogP contribution in [-0.4, -0.2) is 75.8 Å². The summed E-state index contributed by atoms with van der Waals surface area (Å²) >= 11 is 0. The average molecular weight is 555 g/mol. The van der Waals surface area contributed by atoms with Gasteiger partial charge < -0.3 is 14.4 Å². The second-order valence-electron chi connectivity index (χ2n) is 9.97. The van der Waals surface area contributed by atoms with E-state index in [-0.39, 0.29) is 17.8 Å². The Bertz CT molecular complexity index is 1260. The third-order valence-electron chi connectivity index (χ3n) is 7.19. The summed E-state index contributed by atoms with van der Waals surface area (Å²) in [4.78, 5) is 14.7. The number of methoxy groups -OCH3 is 2. The number of ether oxygens (including phenoxy) is 2. The van der Waals surface area contributed by atoms with Gasteiger partial charge in [0.15, 0.2) is 0 Å². The SMILES string of the molecule is CCC(CCCS(=O)(=O)N1CCN(C(=O)/C=C/c2c(C)cc(C)cc2/C=C/c2ccc(OC)cc2)CC1)OC. The van der Waals surface area contributed by atoms with E-state index in [9.17, 15) is 13.2 Å². The molecule has 1 heterocycles. The highest BCUT2D eigenvalue weighted by molar-refractivity contribution is 7.89. The summed E-state index contributed by atoms with van der Waals surface area (Å²) in [5.41, 5.74) is 5.30. The Morgan fingerprint density at radius 1 is 1.00 bits per heavy atom. The molecule has 2 aromatic rings. The maximum atomic E-state index is 13.0. The van der Waals surface area contributed by atoms with Gasteiger partial charge in [-0.2, -0.15) is 4.31 Å². The van der Waals surface area contributed by atoms with Crippen molar-refractivity contribution < 1.29 is 22.7 Å². The highest BCUT2D eigenvalue weighted by Gasteiger charge is 2.28. The molecule has 1 atom stereocenters. The highest BCUT2D eigenvalue weighted by Crippen LogP contribution is 2.22. The molecule has 0 aliphatic carbocycles. The number of benzene rings is 2. The monoisotopic (exact) mass is 554 g/mol. The zero-order chi connectivity index (χ0) is 28.4. The minimum Gasteiger partial charge on any atom is -0.497 e. The molecule has 0 saturated carbocycles. The lowest BCUT2D eigenvalue weighted by Gasteiger charge is -2.33. The largest absolute Gasteiger partial charge is 0.497 e. The van der Waals surface area contributed by atoms with Gasteiger partial charge >= 0.3 is 0 Å². The first-order valence-electron chi connectivity index (χ1n) is 13.6. The number of nitrogens with zero attached hydrogens (tertiary/aromatic N) is 2. The molecule has 0 N–H and O–H groups in total. The minimum absolute atomic E-state index is 0.0945. The van der Waals surface area contributed by atoms with Crippen LogP contribution in [0, 0.1) is 13.8 Å². The lowest BCUT2D eigenvalue weighted by Crippen LogP contribution is -2.50. The Morgan fingerprint density at radius 2 is 1.69 bits per heavy atom. The minimum atomic E-state index is -3.34. The Hall–Kier alpha value is -2.94. The van der Waals surface area contributed by atoms with Crippen molar-refractivity contribution >= 4 is 34.2 Å². The summed E-state index contributed by atoms with van der Waals surface area (Å²) in [6.07, 6.45) is 9.84. The van der Waals surface area contributed by atoms with Crippen molar-refractivity contribution in [2.75, 3.05) is 46.2 Å². The molecule has 8 heteroatoms. The van der Waals surface area contributed by atoms with E-state index >= 15 is 0 Å². The first-order valence-corrected chi connectivity index (χ1v) is 15.2. The molecule has 1 unspecified atom stereocenters. The van der Waals surface area contributed by atoms with Gasteiger partial charge in [0.1, 0.15) is 5.75 Å². The molecule has 0 bridgehead atoms. The van der Waals surface area contributed by atoms with Gasteiger partial charge in [-0.15, -0.1) is 0 Å². The molecule has 1 amide bonds. The molecule has 7 nitrogen and oxygen atoms in total. The van der Waals surface area contributed by atoms with Crippen molar-refractivity contribution in [3.63, 3.8) is 0 Å². The molecule has 212 valence electrons. The molecule has 1 fully saturated rings. The van der Waals surface area contributed by atoms with Crippen molar-refractivity contribution in [1.29, 1.82) is 0 Å². The van der Waals surface area contributed by atoms with Gasteiger partial charge in [0, 0.05) is 39.4 Å². The van der Waals surface area contributed by atoms with E-state index in [0.717, 1.165) is 46.4 Å². The third-order valence-corrected chi connectivity index (χ3v) is 9.14. The molecule has 1 aliphatic heterocycles. The van der Waals surface area contributed by atoms with Crippen LogP contribution in [0.4, 0.5) is 0 Å². The van der Waals surface area contributed by atoms with Crippen molar-refractivity contribution in [3.05, 3.63) is 70.3 Å². The summed E-state index contributed by atoms with van der Waals surface area (Å²) in [6, 6.07) is 12.1. The summed E-state index contributed by atoms with van der Waals surface area (Å²) in [6.45, 7) is 7.55. The van der Waals surface area contributed by atoms with E-state index in [1.54, 1.807) is 25.2 Å². The fraction of sp³-hybridized carbons (Fsp3) is 0.452. The molecule has 1 saturated heterocycles. The molecule has 0 radical (unpaired) electrons. The first kappa shape index (κ1) is 30.6. The predicted octanol–water partition coefficient (Wildman–Crippen LogP) is 5.17. The number of aryl methyl sites for hydroxylation is 2. The van der Waals surface area contributed by atoms with E-state index in [1.165, 1.54) is 4.31 Å². The third kappa shape index (κ3) is 8.78. The molecule has 3 rings (SSSR count). The van der Waals surface area contributed by atoms with Crippen LogP contribution >= 0.6 is 0 Å². The fourth-order valence-corrected chi connectivity index (χ4v) is 6.35. The summed E-state index contributed by atoms with van der Waals surface area (Å²) in [7, 11) is -0.0330. The van der Waals surface area contributed by atoms with Crippen molar-refractivity contribution in [2.45, 2.75) is 46.1 Å². The van der Waals surface area contributed by atoms with Crippen molar-refractivity contribution in [3.8, 4) is 5.75 Å². The van der Waals surface area contributed by atoms with Crippen LogP contribution in [0.3, 0.4) is 0 Å². The van der Waals surface area contributed by atoms with Crippen LogP contribution < -0.4 is 4.74 Å². The molecular formula is C31H42N2O5S. The Kier molecular flexibility index (Phi) is 11.3. The fourth-order valence-electron chi connectivity index (χ4n) is 4.84. The van der Waals surface area contributed by atoms with Crippen LogP contribution in [0.5, 0.6) is 5.75 Å². The summed E-state index contributed by atoms with van der Waals surface area (Å²) in [5.74, 6) is 0.814. The van der Waals surface area contributed by atoms with Gasteiger partial charge in [-0.05, 0) is 73.6 Å². The summed E-state index contributed by atoms with van der Waals surface area (Å²) in [5, 5.41) is 0. The zero-order valence-electron chi connectivity index (χ0n) is 23.9. The van der Waals surface area contributed by atoms with E-state index in [0.29, 0.717) is 32.6 Å². The number of hydrogen-bond acceptors (Lipinski definition) is 5. The van der Waals surface area contributed by atoms with E-state index in [1.807, 2.05) is 50.3 Å². The molecule has 2 aromatic carbocycles. The van der Waals surface area contributed by atoms with Crippen LogP contribution in [0.25, 0.3) is 18.2 Å². The number of carbonyl (C=O) groups excluding carboxylic acids is 1. The Labute approximate surface area is 234 Å². The number of carbonyl (C=O) groups is 1. The lowest BCUT2D eigenvalue weighted by molar-refractivity contribution is -0.127. The van der Waals surface area contributed by atoms with Gasteiger partial charge in [-0.3, -0.25) is 4.79 Å². The van der Waals surface area contributed by atoms with Crippen molar-refractivity contribution in [2.24, 2.45) is 0 Å². The number of hydrogen-bond donors (Lipinski definition) is 0. The second-order valence-corrected chi connectivity index (χ2v) is 12.1. The zero-order valence-corrected chi connectivity index (χ0v) is 24.7. The maximum Gasteiger partial charge on any atom is 0.246 e. The Morgan fingerprint density at radius 3 is 2.31 bits per heavy atom. The van der Waals surface area contributed by atoms with E-state index in [2.05, 4.69) is 25.1 Å². The molecular weight excluding hydrogens is 512 g/mol. The smallest absolute Gasteiger partial charge is 0.246 e. The molecule has 39 heavy (non-hydrogen) atoms. The van der Waals surface area contributed by atoms with Gasteiger partial charge in [0.05, 0.1) is 19.0 Å². The number of piperazine rings is 1. The number of rotatable bonds is 12. The highest BCUT2D eigenvalue weighted by atomic mass is 32.2. The van der Waals surface area contributed by atoms with Gasteiger partial charge in [0.2, 0.25) is 15.9 Å². The topological polar surface area (TPSA) is 76.2 Å². The van der Waals surface area contributed by atoms with Crippen LogP contribution in [0.1, 0.15) is 54.0 Å². The average Bonchev–Trinajstić information content (AvgIpc) is 2.93. The van der Waals surface area contributed by atoms with E-state index < -0.39 is 10.0 Å². The molecule has 0 aromatic heterocycles. The van der Waals surface area contributed by atoms with Crippen molar-refractivity contribution in [1.82, 2.24) is 9.21 Å². The van der Waals surface area contributed by atoms with Crippen LogP contribution in [0.2, 0.25) is 0 Å². The lowest BCUT2D eigenvalue weighted by atomic mass is 9.97. The molecule has 0 spiro atoms. The number of sulfonamides is 1. The first-order chi connectivity index (χ1) is 18.7. The maximum absolute atomic E-state index is 13.0. The molecule has 1 aliphatic rings. The van der Waals surface area contributed by atoms with Gasteiger partial charge in [-0.25, -0.2) is 8.42 Å². The predicted molar refractivity (Wildman–Crippen MR) is 159 cm³/mol. The standard InChI is InChI=1S/C31H42N2O5S/c1-6-28(37-4)8-7-21-39(35,36)33-19-17-32(18-20-33)31(34)16-15-30-25(3)22-24(2)23-27(30)12-9-26-10-13-29(38-5)14-11-26/h9-16,22-23,28H,6-8,17-21H2,1-5H3/b12-9+,16-15+. The quantitative estimate of drug-likeness (QED) is 0.267. The summed E-state index contributed by atoms with van der Waals surface area (Å²) < 4.78 is 37.7. The number of amides is 1. The Balaban J connectivity index is 1.62. The second kappa shape index (κ2) is 14.4. The van der Waals surface area contributed by atoms with Crippen LogP contribution in [-0.2, 0) is 19.6 Å². The van der Waals surface area contributed by atoms with E-state index in [4.69, 9.17) is 9.47 Å².